The standard InChI is InChI=1S/C18H19N3S/c1-13-6-2-3-9-16(13)21-17(12-14-7-5-11-22-14)20-15-8-4-10-19-18(15)21/h2-4,6,8-10,14H,5,7,11-12H2,1H3. The van der Waals surface area contributed by atoms with E-state index in [1.165, 1.54) is 29.8 Å². The lowest BCUT2D eigenvalue weighted by Gasteiger charge is -2.13. The van der Waals surface area contributed by atoms with Gasteiger partial charge < -0.3 is 0 Å². The first-order valence-electron chi connectivity index (χ1n) is 7.83. The maximum absolute atomic E-state index is 4.88. The number of aryl methyl sites for hydroxylation is 1. The third-order valence-corrected chi connectivity index (χ3v) is 5.67. The van der Waals surface area contributed by atoms with Gasteiger partial charge in [0, 0.05) is 17.9 Å². The highest BCUT2D eigenvalue weighted by molar-refractivity contribution is 8.00. The van der Waals surface area contributed by atoms with Crippen molar-refractivity contribution in [3.05, 3.63) is 54.0 Å². The summed E-state index contributed by atoms with van der Waals surface area (Å²) in [7, 11) is 0. The fourth-order valence-electron chi connectivity index (χ4n) is 3.17. The van der Waals surface area contributed by atoms with Crippen LogP contribution in [0.4, 0.5) is 0 Å². The SMILES string of the molecule is Cc1ccccc1-n1c(CC2CCCS2)nc2cccnc21. The third kappa shape index (κ3) is 2.41. The Balaban J connectivity index is 1.88. The van der Waals surface area contributed by atoms with Crippen molar-refractivity contribution in [1.82, 2.24) is 14.5 Å². The molecule has 1 aliphatic rings. The zero-order valence-electron chi connectivity index (χ0n) is 12.7. The van der Waals surface area contributed by atoms with Gasteiger partial charge in [0.15, 0.2) is 5.65 Å². The maximum Gasteiger partial charge on any atom is 0.164 e. The van der Waals surface area contributed by atoms with E-state index in [1.54, 1.807) is 0 Å². The van der Waals surface area contributed by atoms with Gasteiger partial charge in [-0.25, -0.2) is 9.97 Å². The second-order valence-corrected chi connectivity index (χ2v) is 7.24. The highest BCUT2D eigenvalue weighted by Gasteiger charge is 2.21. The monoisotopic (exact) mass is 309 g/mol. The van der Waals surface area contributed by atoms with E-state index in [1.807, 2.05) is 12.3 Å². The molecule has 1 atom stereocenters. The average molecular weight is 309 g/mol. The summed E-state index contributed by atoms with van der Waals surface area (Å²) in [5.41, 5.74) is 4.41. The van der Waals surface area contributed by atoms with Gasteiger partial charge in [0.1, 0.15) is 11.3 Å². The second kappa shape index (κ2) is 5.76. The van der Waals surface area contributed by atoms with Crippen LogP contribution in [0.5, 0.6) is 0 Å². The summed E-state index contributed by atoms with van der Waals surface area (Å²) >= 11 is 2.08. The minimum absolute atomic E-state index is 0.694. The summed E-state index contributed by atoms with van der Waals surface area (Å²) < 4.78 is 2.25. The first kappa shape index (κ1) is 13.8. The summed E-state index contributed by atoms with van der Waals surface area (Å²) in [5, 5.41) is 0.694. The molecule has 1 saturated heterocycles. The normalized spacial score (nSPS) is 18.1. The van der Waals surface area contributed by atoms with Crippen LogP contribution in [0, 0.1) is 6.92 Å². The second-order valence-electron chi connectivity index (χ2n) is 5.84. The Bertz CT molecular complexity index is 803. The largest absolute Gasteiger partial charge is 0.280 e. The number of pyridine rings is 1. The maximum atomic E-state index is 4.88. The molecular weight excluding hydrogens is 290 g/mol. The molecule has 3 nitrogen and oxygen atoms in total. The number of rotatable bonds is 3. The Morgan fingerprint density at radius 3 is 2.95 bits per heavy atom. The molecule has 0 aliphatic carbocycles. The molecule has 0 saturated carbocycles. The predicted octanol–water partition coefficient (Wildman–Crippen LogP) is 4.17. The van der Waals surface area contributed by atoms with Crippen molar-refractivity contribution in [3.8, 4) is 5.69 Å². The molecule has 0 amide bonds. The highest BCUT2D eigenvalue weighted by Crippen LogP contribution is 2.31. The van der Waals surface area contributed by atoms with Gasteiger partial charge in [-0.1, -0.05) is 18.2 Å². The van der Waals surface area contributed by atoms with Gasteiger partial charge in [0.2, 0.25) is 0 Å². The molecule has 4 rings (SSSR count). The first-order chi connectivity index (χ1) is 10.8. The summed E-state index contributed by atoms with van der Waals surface area (Å²) in [5.74, 6) is 2.43. The van der Waals surface area contributed by atoms with E-state index in [2.05, 4.69) is 58.6 Å². The Kier molecular flexibility index (Phi) is 3.62. The molecule has 0 radical (unpaired) electrons. The highest BCUT2D eigenvalue weighted by atomic mass is 32.2. The van der Waals surface area contributed by atoms with Crippen molar-refractivity contribution in [2.45, 2.75) is 31.4 Å². The molecule has 1 aromatic carbocycles. The van der Waals surface area contributed by atoms with Crippen molar-refractivity contribution >= 4 is 22.9 Å². The lowest BCUT2D eigenvalue weighted by molar-refractivity contribution is 0.737. The van der Waals surface area contributed by atoms with E-state index >= 15 is 0 Å². The van der Waals surface area contributed by atoms with Gasteiger partial charge in [0.05, 0.1) is 5.69 Å². The van der Waals surface area contributed by atoms with Crippen LogP contribution in [0.2, 0.25) is 0 Å². The van der Waals surface area contributed by atoms with Crippen LogP contribution in [0.1, 0.15) is 24.2 Å². The number of hydrogen-bond donors (Lipinski definition) is 0. The van der Waals surface area contributed by atoms with E-state index < -0.39 is 0 Å². The molecule has 0 bridgehead atoms. The van der Waals surface area contributed by atoms with Crippen molar-refractivity contribution in [2.24, 2.45) is 0 Å². The zero-order valence-corrected chi connectivity index (χ0v) is 13.5. The molecule has 2 aromatic heterocycles. The molecule has 3 heterocycles. The van der Waals surface area contributed by atoms with Crippen molar-refractivity contribution in [3.63, 3.8) is 0 Å². The van der Waals surface area contributed by atoms with Crippen molar-refractivity contribution in [2.75, 3.05) is 5.75 Å². The molecule has 4 heteroatoms. The lowest BCUT2D eigenvalue weighted by atomic mass is 10.1. The topological polar surface area (TPSA) is 30.7 Å². The van der Waals surface area contributed by atoms with Crippen LogP contribution in [-0.2, 0) is 6.42 Å². The summed E-state index contributed by atoms with van der Waals surface area (Å²) in [6, 6.07) is 12.5. The van der Waals surface area contributed by atoms with Crippen LogP contribution in [-0.4, -0.2) is 25.5 Å². The quantitative estimate of drug-likeness (QED) is 0.727. The van der Waals surface area contributed by atoms with Gasteiger partial charge in [-0.05, 0) is 49.3 Å². The predicted molar refractivity (Wildman–Crippen MR) is 92.8 cm³/mol. The Morgan fingerprint density at radius 2 is 2.14 bits per heavy atom. The van der Waals surface area contributed by atoms with Crippen molar-refractivity contribution in [1.29, 1.82) is 0 Å². The Morgan fingerprint density at radius 1 is 1.23 bits per heavy atom. The van der Waals surface area contributed by atoms with Crippen LogP contribution in [0.3, 0.4) is 0 Å². The van der Waals surface area contributed by atoms with E-state index in [4.69, 9.17) is 4.98 Å². The minimum atomic E-state index is 0.694. The Labute approximate surface area is 134 Å². The number of imidazole rings is 1. The smallest absolute Gasteiger partial charge is 0.164 e. The minimum Gasteiger partial charge on any atom is -0.280 e. The van der Waals surface area contributed by atoms with Crippen molar-refractivity contribution < 1.29 is 0 Å². The fraction of sp³-hybridized carbons (Fsp3) is 0.333. The van der Waals surface area contributed by atoms with Crippen LogP contribution in [0.25, 0.3) is 16.9 Å². The van der Waals surface area contributed by atoms with E-state index in [9.17, 15) is 0 Å². The molecule has 1 unspecified atom stereocenters. The molecule has 0 N–H and O–H groups in total. The molecule has 0 spiro atoms. The van der Waals surface area contributed by atoms with E-state index in [-0.39, 0.29) is 0 Å². The molecule has 3 aromatic rings. The number of nitrogens with zero attached hydrogens (tertiary/aromatic N) is 3. The molecule has 22 heavy (non-hydrogen) atoms. The number of fused-ring (bicyclic) bond motifs is 1. The average Bonchev–Trinajstić information content (AvgIpc) is 3.16. The van der Waals surface area contributed by atoms with Crippen LogP contribution >= 0.6 is 11.8 Å². The van der Waals surface area contributed by atoms with Crippen LogP contribution < -0.4 is 0 Å². The first-order valence-corrected chi connectivity index (χ1v) is 8.88. The summed E-state index contributed by atoms with van der Waals surface area (Å²) in [6.07, 6.45) is 5.51. The number of para-hydroxylation sites is 1. The summed E-state index contributed by atoms with van der Waals surface area (Å²) in [4.78, 5) is 9.47. The van der Waals surface area contributed by atoms with E-state index in [0.717, 1.165) is 23.4 Å². The van der Waals surface area contributed by atoms with Gasteiger partial charge >= 0.3 is 0 Å². The van der Waals surface area contributed by atoms with Crippen LogP contribution in [0.15, 0.2) is 42.6 Å². The molecule has 1 aliphatic heterocycles. The zero-order chi connectivity index (χ0) is 14.9. The van der Waals surface area contributed by atoms with Gasteiger partial charge in [-0.3, -0.25) is 4.57 Å². The van der Waals surface area contributed by atoms with Gasteiger partial charge in [-0.15, -0.1) is 0 Å². The third-order valence-electron chi connectivity index (χ3n) is 4.28. The number of hydrogen-bond acceptors (Lipinski definition) is 3. The number of benzene rings is 1. The fourth-order valence-corrected chi connectivity index (χ4v) is 4.44. The molecular formula is C18H19N3S. The molecule has 112 valence electrons. The molecule has 1 fully saturated rings. The lowest BCUT2D eigenvalue weighted by Crippen LogP contribution is -2.10. The summed E-state index contributed by atoms with van der Waals surface area (Å²) in [6.45, 7) is 2.15. The Hall–Kier alpha value is -1.81. The van der Waals surface area contributed by atoms with Gasteiger partial charge in [-0.2, -0.15) is 11.8 Å². The van der Waals surface area contributed by atoms with E-state index in [0.29, 0.717) is 5.25 Å². The number of thioether (sulfide) groups is 1. The van der Waals surface area contributed by atoms with Gasteiger partial charge in [0.25, 0.3) is 0 Å². The number of aromatic nitrogens is 3.